The Morgan fingerprint density at radius 1 is 1.50 bits per heavy atom. The van der Waals surface area contributed by atoms with Crippen molar-refractivity contribution in [3.8, 4) is 0 Å². The second-order valence-corrected chi connectivity index (χ2v) is 1.93. The van der Waals surface area contributed by atoms with E-state index in [0.717, 1.165) is 13.3 Å². The molecule has 0 saturated carbocycles. The molecule has 0 radical (unpaired) electrons. The largest absolute Gasteiger partial charge is 0.476 e. The van der Waals surface area contributed by atoms with Crippen LogP contribution >= 0.6 is 0 Å². The first-order chi connectivity index (χ1) is 5.56. The summed E-state index contributed by atoms with van der Waals surface area (Å²) in [6.07, 6.45) is 6.89. The summed E-state index contributed by atoms with van der Waals surface area (Å²) in [7, 11) is 0. The lowest BCUT2D eigenvalue weighted by Crippen LogP contribution is -2.05. The predicted molar refractivity (Wildman–Crippen MR) is 47.9 cm³/mol. The smallest absolute Gasteiger partial charge is 0.371 e. The van der Waals surface area contributed by atoms with Crippen molar-refractivity contribution in [1.82, 2.24) is 0 Å². The fraction of sp³-hybridized carbons (Fsp3) is 0.333. The molecule has 0 bridgehead atoms. The fourth-order valence-corrected chi connectivity index (χ4v) is 0.232. The topological polar surface area (TPSA) is 54.4 Å². The Hall–Kier alpha value is -1.38. The average Bonchev–Trinajstić information content (AvgIpc) is 2.02. The van der Waals surface area contributed by atoms with Gasteiger partial charge in [-0.25, -0.2) is 4.79 Å². The van der Waals surface area contributed by atoms with Crippen molar-refractivity contribution >= 4 is 11.8 Å². The third kappa shape index (κ3) is 15.8. The van der Waals surface area contributed by atoms with Crippen molar-refractivity contribution in [2.75, 3.05) is 0 Å². The van der Waals surface area contributed by atoms with Gasteiger partial charge in [0.1, 0.15) is 0 Å². The van der Waals surface area contributed by atoms with Gasteiger partial charge in [0.05, 0.1) is 0 Å². The van der Waals surface area contributed by atoms with E-state index in [1.807, 2.05) is 6.08 Å². The Morgan fingerprint density at radius 3 is 2.00 bits per heavy atom. The third-order valence-electron chi connectivity index (χ3n) is 0.809. The molecule has 0 spiro atoms. The van der Waals surface area contributed by atoms with Crippen molar-refractivity contribution in [3.63, 3.8) is 0 Å². The van der Waals surface area contributed by atoms with E-state index in [9.17, 15) is 9.59 Å². The number of carboxylic acids is 1. The van der Waals surface area contributed by atoms with E-state index in [1.54, 1.807) is 6.08 Å². The van der Waals surface area contributed by atoms with E-state index < -0.39 is 11.8 Å². The standard InChI is InChI=1S/C6H10.C3H4O3/c1-3-5-6-4-2;1-2(4)3(5)6/h3,5-6H,1,4H2,2H3;1H3,(H,5,6)/b6-5+;. The number of rotatable bonds is 3. The van der Waals surface area contributed by atoms with Crippen LogP contribution in [0.1, 0.15) is 20.3 Å². The van der Waals surface area contributed by atoms with Crippen LogP contribution in [0.2, 0.25) is 0 Å². The van der Waals surface area contributed by atoms with E-state index in [1.165, 1.54) is 0 Å². The minimum atomic E-state index is -1.38. The molecule has 0 aromatic heterocycles. The summed E-state index contributed by atoms with van der Waals surface area (Å²) in [5, 5.41) is 7.64. The average molecular weight is 170 g/mol. The normalized spacial score (nSPS) is 8.50. The lowest BCUT2D eigenvalue weighted by Gasteiger charge is -1.73. The van der Waals surface area contributed by atoms with Crippen molar-refractivity contribution in [1.29, 1.82) is 0 Å². The maximum absolute atomic E-state index is 9.54. The highest BCUT2D eigenvalue weighted by Crippen LogP contribution is 1.76. The van der Waals surface area contributed by atoms with Crippen LogP contribution < -0.4 is 0 Å². The minimum Gasteiger partial charge on any atom is -0.476 e. The maximum Gasteiger partial charge on any atom is 0.371 e. The van der Waals surface area contributed by atoms with E-state index in [2.05, 4.69) is 19.6 Å². The molecule has 3 nitrogen and oxygen atoms in total. The highest BCUT2D eigenvalue weighted by molar-refractivity contribution is 6.31. The van der Waals surface area contributed by atoms with E-state index in [4.69, 9.17) is 5.11 Å². The van der Waals surface area contributed by atoms with Crippen LogP contribution in [0.5, 0.6) is 0 Å². The molecular formula is C9H14O3. The molecule has 0 aromatic rings. The Kier molecular flexibility index (Phi) is 10.6. The highest BCUT2D eigenvalue weighted by atomic mass is 16.4. The molecule has 0 aliphatic carbocycles. The van der Waals surface area contributed by atoms with E-state index >= 15 is 0 Å². The molecule has 0 aliphatic heterocycles. The molecule has 68 valence electrons. The van der Waals surface area contributed by atoms with Crippen LogP contribution in [0.3, 0.4) is 0 Å². The molecule has 0 heterocycles. The number of carbonyl (C=O) groups is 2. The molecular weight excluding hydrogens is 156 g/mol. The van der Waals surface area contributed by atoms with E-state index in [0.29, 0.717) is 0 Å². The van der Waals surface area contributed by atoms with Crippen LogP contribution in [-0.2, 0) is 9.59 Å². The molecule has 0 atom stereocenters. The van der Waals surface area contributed by atoms with Crippen molar-refractivity contribution in [2.24, 2.45) is 0 Å². The van der Waals surface area contributed by atoms with Gasteiger partial charge >= 0.3 is 5.97 Å². The first-order valence-corrected chi connectivity index (χ1v) is 3.57. The van der Waals surface area contributed by atoms with Crippen molar-refractivity contribution in [2.45, 2.75) is 20.3 Å². The lowest BCUT2D eigenvalue weighted by atomic mass is 10.4. The molecule has 1 N–H and O–H groups in total. The van der Waals surface area contributed by atoms with Crippen LogP contribution in [0.4, 0.5) is 0 Å². The SMILES string of the molecule is C=C/C=C/CC.CC(=O)C(=O)O. The van der Waals surface area contributed by atoms with Gasteiger partial charge in [0.15, 0.2) is 0 Å². The Balaban J connectivity index is 0. The molecule has 0 aliphatic rings. The van der Waals surface area contributed by atoms with E-state index in [-0.39, 0.29) is 0 Å². The Bertz CT molecular complexity index is 168. The zero-order valence-corrected chi connectivity index (χ0v) is 7.41. The van der Waals surface area contributed by atoms with Gasteiger partial charge in [0, 0.05) is 6.92 Å². The maximum atomic E-state index is 9.54. The summed E-state index contributed by atoms with van der Waals surface area (Å²) in [6.45, 7) is 6.61. The summed E-state index contributed by atoms with van der Waals surface area (Å²) in [6, 6.07) is 0. The summed E-state index contributed by atoms with van der Waals surface area (Å²) in [4.78, 5) is 18.9. The van der Waals surface area contributed by atoms with Crippen LogP contribution in [0.25, 0.3) is 0 Å². The second kappa shape index (κ2) is 9.62. The van der Waals surface area contributed by atoms with Gasteiger partial charge in [-0.1, -0.05) is 31.7 Å². The summed E-state index contributed by atoms with van der Waals surface area (Å²) < 4.78 is 0. The molecule has 0 rings (SSSR count). The zero-order chi connectivity index (χ0) is 9.98. The number of hydrogen-bond acceptors (Lipinski definition) is 2. The molecule has 0 aromatic carbocycles. The fourth-order valence-electron chi connectivity index (χ4n) is 0.232. The first-order valence-electron chi connectivity index (χ1n) is 3.57. The summed E-state index contributed by atoms with van der Waals surface area (Å²) in [5.74, 6) is -2.20. The number of carbonyl (C=O) groups excluding carboxylic acids is 1. The number of allylic oxidation sites excluding steroid dienone is 3. The quantitative estimate of drug-likeness (QED) is 0.519. The van der Waals surface area contributed by atoms with Crippen LogP contribution in [0.15, 0.2) is 24.8 Å². The molecule has 3 heteroatoms. The van der Waals surface area contributed by atoms with Gasteiger partial charge in [-0.15, -0.1) is 0 Å². The molecule has 12 heavy (non-hydrogen) atoms. The zero-order valence-electron chi connectivity index (χ0n) is 7.41. The Labute approximate surface area is 72.4 Å². The van der Waals surface area contributed by atoms with Crippen LogP contribution in [0, 0.1) is 0 Å². The monoisotopic (exact) mass is 170 g/mol. The Morgan fingerprint density at radius 2 is 1.92 bits per heavy atom. The first kappa shape index (κ1) is 13.2. The number of aliphatic carboxylic acids is 1. The van der Waals surface area contributed by atoms with Gasteiger partial charge in [0.2, 0.25) is 5.78 Å². The predicted octanol–water partition coefficient (Wildman–Crippen LogP) is 1.80. The second-order valence-electron chi connectivity index (χ2n) is 1.93. The van der Waals surface area contributed by atoms with Gasteiger partial charge in [-0.2, -0.15) is 0 Å². The molecule has 0 saturated heterocycles. The van der Waals surface area contributed by atoms with Gasteiger partial charge < -0.3 is 5.11 Å². The van der Waals surface area contributed by atoms with Crippen molar-refractivity contribution < 1.29 is 14.7 Å². The third-order valence-corrected chi connectivity index (χ3v) is 0.809. The number of Topliss-reactive ketones (excluding diaryl/α,β-unsaturated/α-hetero) is 1. The molecule has 0 fully saturated rings. The number of ketones is 1. The van der Waals surface area contributed by atoms with Gasteiger partial charge in [-0.05, 0) is 6.42 Å². The van der Waals surface area contributed by atoms with Gasteiger partial charge in [-0.3, -0.25) is 4.79 Å². The lowest BCUT2D eigenvalue weighted by molar-refractivity contribution is -0.148. The highest BCUT2D eigenvalue weighted by Gasteiger charge is 1.98. The number of hydrogen-bond donors (Lipinski definition) is 1. The van der Waals surface area contributed by atoms with Gasteiger partial charge in [0.25, 0.3) is 0 Å². The van der Waals surface area contributed by atoms with Crippen molar-refractivity contribution in [3.05, 3.63) is 24.8 Å². The molecule has 0 amide bonds. The molecule has 0 unspecified atom stereocenters. The summed E-state index contributed by atoms with van der Waals surface area (Å²) in [5.41, 5.74) is 0. The van der Waals surface area contributed by atoms with Crippen LogP contribution in [-0.4, -0.2) is 16.9 Å². The summed E-state index contributed by atoms with van der Waals surface area (Å²) >= 11 is 0. The minimum absolute atomic E-state index is 0.824. The number of carboxylic acid groups (broad SMARTS) is 1.